The summed E-state index contributed by atoms with van der Waals surface area (Å²) in [5.41, 5.74) is 0. The molecule has 0 aliphatic carbocycles. The summed E-state index contributed by atoms with van der Waals surface area (Å²) in [6, 6.07) is 0. The fraction of sp³-hybridized carbons (Fsp3) is 0.889. The summed E-state index contributed by atoms with van der Waals surface area (Å²) in [4.78, 5) is 10.1. The normalized spacial score (nSPS) is 18.9. The molecule has 0 spiro atoms. The molecule has 0 heterocycles. The molecule has 0 fully saturated rings. The lowest BCUT2D eigenvalue weighted by atomic mass is 10.0. The Morgan fingerprint density at radius 3 is 1.56 bits per heavy atom. The maximum Gasteiger partial charge on any atom is 0.335 e. The second-order valence-electron chi connectivity index (χ2n) is 3.55. The molecule has 110 valence electrons. The van der Waals surface area contributed by atoms with Crippen molar-refractivity contribution in [1.29, 1.82) is 0 Å². The second kappa shape index (κ2) is 10.1. The van der Waals surface area contributed by atoms with E-state index in [0.717, 1.165) is 0 Å². The molecule has 0 aliphatic heterocycles. The summed E-state index contributed by atoms with van der Waals surface area (Å²) in [7, 11) is 0. The van der Waals surface area contributed by atoms with Crippen molar-refractivity contribution in [2.75, 3.05) is 13.2 Å². The van der Waals surface area contributed by atoms with Gasteiger partial charge in [0.05, 0.1) is 19.3 Å². The zero-order valence-corrected chi connectivity index (χ0v) is 9.79. The van der Waals surface area contributed by atoms with Gasteiger partial charge >= 0.3 is 5.97 Å². The second-order valence-corrected chi connectivity index (χ2v) is 3.55. The molecular weight excluding hydrogens is 252 g/mol. The first kappa shape index (κ1) is 19.5. The number of aliphatic carboxylic acids is 1. The SMILES string of the molecule is CC(O)CO.O=C(O)[C@H](O)[C@@H](O)[C@H](O)[C@H](O)CO. The molecular formula is C9H20O9. The van der Waals surface area contributed by atoms with Crippen molar-refractivity contribution in [1.82, 2.24) is 0 Å². The van der Waals surface area contributed by atoms with E-state index in [9.17, 15) is 4.79 Å². The molecule has 0 aliphatic rings. The number of carboxylic acids is 1. The molecule has 0 saturated heterocycles. The highest BCUT2D eigenvalue weighted by molar-refractivity contribution is 5.72. The van der Waals surface area contributed by atoms with Crippen LogP contribution in [-0.4, -0.2) is 90.6 Å². The first-order chi connectivity index (χ1) is 8.18. The summed E-state index contributed by atoms with van der Waals surface area (Å²) < 4.78 is 0. The molecule has 8 N–H and O–H groups in total. The summed E-state index contributed by atoms with van der Waals surface area (Å²) in [6.45, 7) is 0.546. The Kier molecular flexibility index (Phi) is 11.0. The van der Waals surface area contributed by atoms with E-state index in [0.29, 0.717) is 0 Å². The van der Waals surface area contributed by atoms with Crippen LogP contribution in [0.4, 0.5) is 0 Å². The molecule has 1 unspecified atom stereocenters. The molecule has 0 aromatic heterocycles. The zero-order valence-electron chi connectivity index (χ0n) is 9.79. The molecule has 9 nitrogen and oxygen atoms in total. The standard InChI is InChI=1S/C6H12O7.C3H8O2/c7-1-2(8)3(9)4(10)5(11)6(12)13;1-3(5)2-4/h2-5,7-11H,1H2,(H,12,13);3-5H,2H2,1H3/t2-,3-,4+,5-;/m1./s1. The van der Waals surface area contributed by atoms with Crippen LogP contribution in [0.3, 0.4) is 0 Å². The minimum absolute atomic E-state index is 0.139. The smallest absolute Gasteiger partial charge is 0.335 e. The Hall–Kier alpha value is -0.810. The Balaban J connectivity index is 0. The highest BCUT2D eigenvalue weighted by atomic mass is 16.4. The summed E-state index contributed by atoms with van der Waals surface area (Å²) in [6.07, 6.45) is -8.40. The number of hydrogen-bond donors (Lipinski definition) is 8. The molecule has 0 aromatic rings. The largest absolute Gasteiger partial charge is 0.479 e. The number of aliphatic hydroxyl groups excluding tert-OH is 7. The Labute approximate surface area is 103 Å². The highest BCUT2D eigenvalue weighted by Gasteiger charge is 2.33. The van der Waals surface area contributed by atoms with Gasteiger partial charge in [0.25, 0.3) is 0 Å². The van der Waals surface area contributed by atoms with Crippen LogP contribution in [0.1, 0.15) is 6.92 Å². The van der Waals surface area contributed by atoms with E-state index < -0.39 is 43.1 Å². The molecule has 0 amide bonds. The molecule has 0 radical (unpaired) electrons. The van der Waals surface area contributed by atoms with Gasteiger partial charge in [-0.3, -0.25) is 0 Å². The van der Waals surface area contributed by atoms with Gasteiger partial charge in [0, 0.05) is 0 Å². The Bertz CT molecular complexity index is 220. The van der Waals surface area contributed by atoms with Gasteiger partial charge < -0.3 is 40.9 Å². The average molecular weight is 272 g/mol. The van der Waals surface area contributed by atoms with Gasteiger partial charge in [-0.25, -0.2) is 4.79 Å². The first-order valence-corrected chi connectivity index (χ1v) is 5.03. The van der Waals surface area contributed by atoms with E-state index in [1.807, 2.05) is 0 Å². The zero-order chi connectivity index (χ0) is 14.9. The Morgan fingerprint density at radius 2 is 1.33 bits per heavy atom. The van der Waals surface area contributed by atoms with Gasteiger partial charge in [0.1, 0.15) is 18.3 Å². The molecule has 0 saturated carbocycles. The predicted molar refractivity (Wildman–Crippen MR) is 57.5 cm³/mol. The van der Waals surface area contributed by atoms with Crippen LogP contribution in [0.15, 0.2) is 0 Å². The van der Waals surface area contributed by atoms with Crippen molar-refractivity contribution in [2.45, 2.75) is 37.4 Å². The number of carboxylic acid groups (broad SMARTS) is 1. The van der Waals surface area contributed by atoms with E-state index in [1.165, 1.54) is 6.92 Å². The maximum atomic E-state index is 10.1. The van der Waals surface area contributed by atoms with E-state index in [4.69, 9.17) is 40.9 Å². The minimum Gasteiger partial charge on any atom is -0.479 e. The number of hydrogen-bond acceptors (Lipinski definition) is 8. The number of aliphatic hydroxyl groups is 7. The van der Waals surface area contributed by atoms with Gasteiger partial charge in [0.15, 0.2) is 6.10 Å². The average Bonchev–Trinajstić information content (AvgIpc) is 2.35. The van der Waals surface area contributed by atoms with Crippen LogP contribution < -0.4 is 0 Å². The van der Waals surface area contributed by atoms with Crippen molar-refractivity contribution in [3.63, 3.8) is 0 Å². The number of rotatable bonds is 6. The van der Waals surface area contributed by atoms with Gasteiger partial charge in [0.2, 0.25) is 0 Å². The highest BCUT2D eigenvalue weighted by Crippen LogP contribution is 2.04. The van der Waals surface area contributed by atoms with Gasteiger partial charge in [-0.2, -0.15) is 0 Å². The lowest BCUT2D eigenvalue weighted by molar-refractivity contribution is -0.164. The third-order valence-corrected chi connectivity index (χ3v) is 1.77. The van der Waals surface area contributed by atoms with Crippen LogP contribution in [0, 0.1) is 0 Å². The third kappa shape index (κ3) is 8.31. The molecule has 18 heavy (non-hydrogen) atoms. The van der Waals surface area contributed by atoms with Crippen LogP contribution in [0.25, 0.3) is 0 Å². The van der Waals surface area contributed by atoms with E-state index in [1.54, 1.807) is 0 Å². The summed E-state index contributed by atoms with van der Waals surface area (Å²) in [5.74, 6) is -1.73. The fourth-order valence-corrected chi connectivity index (χ4v) is 0.668. The quantitative estimate of drug-likeness (QED) is 0.238. The molecule has 0 bridgehead atoms. The summed E-state index contributed by atoms with van der Waals surface area (Å²) in [5, 5.41) is 67.8. The minimum atomic E-state index is -2.20. The summed E-state index contributed by atoms with van der Waals surface area (Å²) >= 11 is 0. The molecule has 0 rings (SSSR count). The third-order valence-electron chi connectivity index (χ3n) is 1.77. The predicted octanol–water partition coefficient (Wildman–Crippen LogP) is -4.13. The lowest BCUT2D eigenvalue weighted by Gasteiger charge is -2.23. The van der Waals surface area contributed by atoms with Crippen LogP contribution in [-0.2, 0) is 4.79 Å². The number of carbonyl (C=O) groups is 1. The van der Waals surface area contributed by atoms with Crippen molar-refractivity contribution >= 4 is 5.97 Å². The van der Waals surface area contributed by atoms with E-state index >= 15 is 0 Å². The fourth-order valence-electron chi connectivity index (χ4n) is 0.668. The first-order valence-electron chi connectivity index (χ1n) is 5.03. The molecule has 0 aromatic carbocycles. The van der Waals surface area contributed by atoms with Crippen LogP contribution in [0.2, 0.25) is 0 Å². The van der Waals surface area contributed by atoms with Crippen LogP contribution >= 0.6 is 0 Å². The van der Waals surface area contributed by atoms with Crippen molar-refractivity contribution in [2.24, 2.45) is 0 Å². The van der Waals surface area contributed by atoms with Gasteiger partial charge in [-0.1, -0.05) is 0 Å². The van der Waals surface area contributed by atoms with Crippen molar-refractivity contribution in [3.05, 3.63) is 0 Å². The van der Waals surface area contributed by atoms with Gasteiger partial charge in [-0.15, -0.1) is 0 Å². The van der Waals surface area contributed by atoms with Crippen molar-refractivity contribution < 1.29 is 45.6 Å². The Morgan fingerprint density at radius 1 is 0.944 bits per heavy atom. The topological polar surface area (TPSA) is 179 Å². The van der Waals surface area contributed by atoms with Crippen LogP contribution in [0.5, 0.6) is 0 Å². The van der Waals surface area contributed by atoms with Gasteiger partial charge in [-0.05, 0) is 6.92 Å². The maximum absolute atomic E-state index is 10.1. The van der Waals surface area contributed by atoms with E-state index in [2.05, 4.69) is 0 Å². The molecule has 5 atom stereocenters. The van der Waals surface area contributed by atoms with E-state index in [-0.39, 0.29) is 6.61 Å². The monoisotopic (exact) mass is 272 g/mol. The van der Waals surface area contributed by atoms with Crippen molar-refractivity contribution in [3.8, 4) is 0 Å². The lowest BCUT2D eigenvalue weighted by Crippen LogP contribution is -2.48. The molecule has 9 heteroatoms.